The molecule has 1 saturated heterocycles. The van der Waals surface area contributed by atoms with Gasteiger partial charge in [-0.2, -0.15) is 0 Å². The highest BCUT2D eigenvalue weighted by Gasteiger charge is 2.23. The number of rotatable bonds is 7. The number of hydrogen-bond donors (Lipinski definition) is 1. The first kappa shape index (κ1) is 20.1. The Morgan fingerprint density at radius 2 is 1.77 bits per heavy atom. The molecule has 0 aliphatic carbocycles. The Hall–Kier alpha value is -3.22. The maximum Gasteiger partial charge on any atom is 0.316 e. The Balaban J connectivity index is 1.44. The summed E-state index contributed by atoms with van der Waals surface area (Å²) in [6, 6.07) is 8.85. The number of aromatic nitrogens is 2. The molecule has 0 radical (unpaired) electrons. The molecule has 7 nitrogen and oxygen atoms in total. The van der Waals surface area contributed by atoms with E-state index in [1.165, 1.54) is 11.4 Å². The molecular formula is C23H28N6O. The molecule has 4 rings (SSSR count). The summed E-state index contributed by atoms with van der Waals surface area (Å²) in [4.78, 5) is 18.1. The van der Waals surface area contributed by atoms with Gasteiger partial charge in [0.25, 0.3) is 0 Å². The van der Waals surface area contributed by atoms with Gasteiger partial charge in [0.2, 0.25) is 0 Å². The van der Waals surface area contributed by atoms with Crippen molar-refractivity contribution in [3.8, 4) is 17.1 Å². The minimum atomic E-state index is 0.414. The van der Waals surface area contributed by atoms with Crippen molar-refractivity contribution in [3.63, 3.8) is 0 Å². The first-order valence-electron chi connectivity index (χ1n) is 10.5. The van der Waals surface area contributed by atoms with Gasteiger partial charge in [-0.25, -0.2) is 9.97 Å². The van der Waals surface area contributed by atoms with Gasteiger partial charge in [-0.05, 0) is 26.0 Å². The Morgan fingerprint density at radius 1 is 1.07 bits per heavy atom. The van der Waals surface area contributed by atoms with E-state index < -0.39 is 0 Å². The van der Waals surface area contributed by atoms with E-state index in [0.717, 1.165) is 49.6 Å². The molecule has 1 aromatic heterocycles. The Kier molecular flexibility index (Phi) is 6.07. The summed E-state index contributed by atoms with van der Waals surface area (Å²) in [6.45, 7) is 8.89. The predicted octanol–water partition coefficient (Wildman–Crippen LogP) is 3.43. The molecule has 0 amide bonds. The summed E-state index contributed by atoms with van der Waals surface area (Å²) in [5, 5.41) is 7.67. The largest absolute Gasteiger partial charge is 0.464 e. The lowest BCUT2D eigenvalue weighted by molar-refractivity contribution is 0.312. The fourth-order valence-corrected chi connectivity index (χ4v) is 3.92. The standard InChI is InChI=1S/C23H28N6O/c1-3-30-23-26-14-18(15-27-23)21-6-4-5-7-22(21)29-10-8-28(9-11-29)20-13-19(25-16-20)12-17(2)24/h4-7,13-15,24H,3,8-12,16H2,1-2H3. The van der Waals surface area contributed by atoms with Crippen LogP contribution >= 0.6 is 0 Å². The van der Waals surface area contributed by atoms with E-state index in [9.17, 15) is 0 Å². The van der Waals surface area contributed by atoms with Gasteiger partial charge in [-0.3, -0.25) is 4.99 Å². The highest BCUT2D eigenvalue weighted by atomic mass is 16.5. The van der Waals surface area contributed by atoms with Crippen LogP contribution in [0.25, 0.3) is 11.1 Å². The summed E-state index contributed by atoms with van der Waals surface area (Å²) >= 11 is 0. The van der Waals surface area contributed by atoms with E-state index >= 15 is 0 Å². The molecule has 0 unspecified atom stereocenters. The Bertz CT molecular complexity index is 958. The first-order chi connectivity index (χ1) is 14.6. The predicted molar refractivity (Wildman–Crippen MR) is 121 cm³/mol. The van der Waals surface area contributed by atoms with E-state index in [0.29, 0.717) is 24.7 Å². The average molecular weight is 405 g/mol. The lowest BCUT2D eigenvalue weighted by atomic mass is 10.1. The topological polar surface area (TPSA) is 77.7 Å². The third-order valence-corrected chi connectivity index (χ3v) is 5.37. The van der Waals surface area contributed by atoms with Crippen molar-refractivity contribution in [2.45, 2.75) is 20.3 Å². The van der Waals surface area contributed by atoms with Crippen LogP contribution in [0.1, 0.15) is 20.3 Å². The summed E-state index contributed by atoms with van der Waals surface area (Å²) < 4.78 is 5.37. The van der Waals surface area contributed by atoms with E-state index in [4.69, 9.17) is 10.1 Å². The molecule has 1 aromatic carbocycles. The number of para-hydroxylation sites is 1. The van der Waals surface area contributed by atoms with Crippen LogP contribution in [0.5, 0.6) is 6.01 Å². The number of hydrogen-bond acceptors (Lipinski definition) is 7. The molecule has 2 aliphatic heterocycles. The Labute approximate surface area is 177 Å². The van der Waals surface area contributed by atoms with Crippen LogP contribution in [0.3, 0.4) is 0 Å². The number of nitrogens with zero attached hydrogens (tertiary/aromatic N) is 5. The molecule has 1 N–H and O–H groups in total. The molecule has 156 valence electrons. The zero-order chi connectivity index (χ0) is 20.9. The van der Waals surface area contributed by atoms with Crippen molar-refractivity contribution in [1.82, 2.24) is 14.9 Å². The van der Waals surface area contributed by atoms with Crippen LogP contribution in [0.15, 0.2) is 53.4 Å². The number of piperazine rings is 1. The second-order valence-corrected chi connectivity index (χ2v) is 7.58. The van der Waals surface area contributed by atoms with Gasteiger partial charge in [0.05, 0.1) is 13.2 Å². The van der Waals surface area contributed by atoms with Gasteiger partial charge >= 0.3 is 6.01 Å². The molecule has 7 heteroatoms. The number of anilines is 1. The molecule has 0 bridgehead atoms. The van der Waals surface area contributed by atoms with Gasteiger partial charge in [-0.15, -0.1) is 0 Å². The maximum atomic E-state index is 7.67. The third kappa shape index (κ3) is 4.50. The van der Waals surface area contributed by atoms with E-state index in [2.05, 4.69) is 55.1 Å². The molecule has 30 heavy (non-hydrogen) atoms. The van der Waals surface area contributed by atoms with Crippen molar-refractivity contribution in [2.75, 3.05) is 44.2 Å². The van der Waals surface area contributed by atoms with E-state index in [1.807, 2.05) is 26.2 Å². The van der Waals surface area contributed by atoms with Gasteiger partial charge in [0, 0.05) is 78.9 Å². The van der Waals surface area contributed by atoms with Crippen LogP contribution in [0, 0.1) is 5.41 Å². The average Bonchev–Trinajstić information content (AvgIpc) is 3.22. The summed E-state index contributed by atoms with van der Waals surface area (Å²) in [7, 11) is 0. The van der Waals surface area contributed by atoms with Crippen molar-refractivity contribution in [3.05, 3.63) is 48.4 Å². The van der Waals surface area contributed by atoms with Crippen LogP contribution in [0.4, 0.5) is 5.69 Å². The molecule has 0 spiro atoms. The number of allylic oxidation sites excluding steroid dienone is 1. The van der Waals surface area contributed by atoms with Gasteiger partial charge < -0.3 is 19.9 Å². The smallest absolute Gasteiger partial charge is 0.316 e. The monoisotopic (exact) mass is 404 g/mol. The highest BCUT2D eigenvalue weighted by Crippen LogP contribution is 2.31. The van der Waals surface area contributed by atoms with Gasteiger partial charge in [-0.1, -0.05) is 18.2 Å². The van der Waals surface area contributed by atoms with Crippen molar-refractivity contribution >= 4 is 17.1 Å². The number of ether oxygens (including phenoxy) is 1. The van der Waals surface area contributed by atoms with E-state index in [-0.39, 0.29) is 0 Å². The van der Waals surface area contributed by atoms with Crippen LogP contribution in [-0.2, 0) is 0 Å². The van der Waals surface area contributed by atoms with Crippen LogP contribution < -0.4 is 9.64 Å². The summed E-state index contributed by atoms with van der Waals surface area (Å²) in [5.74, 6) is 0. The number of aliphatic imine (C=N–C) groups is 1. The lowest BCUT2D eigenvalue weighted by Gasteiger charge is -2.38. The lowest BCUT2D eigenvalue weighted by Crippen LogP contribution is -2.46. The SMILES string of the molecule is CCOc1ncc(-c2ccccc2N2CCN(C3=CC(CC(C)=N)=NC3)CC2)cn1. The summed E-state index contributed by atoms with van der Waals surface area (Å²) in [5.41, 5.74) is 6.31. The van der Waals surface area contributed by atoms with Crippen molar-refractivity contribution in [1.29, 1.82) is 5.41 Å². The fourth-order valence-electron chi connectivity index (χ4n) is 3.92. The van der Waals surface area contributed by atoms with Gasteiger partial charge in [0.1, 0.15) is 0 Å². The molecule has 0 atom stereocenters. The van der Waals surface area contributed by atoms with E-state index in [1.54, 1.807) is 0 Å². The van der Waals surface area contributed by atoms with Crippen molar-refractivity contribution < 1.29 is 4.74 Å². The highest BCUT2D eigenvalue weighted by molar-refractivity contribution is 6.09. The minimum absolute atomic E-state index is 0.414. The zero-order valence-electron chi connectivity index (χ0n) is 17.6. The zero-order valence-corrected chi connectivity index (χ0v) is 17.6. The second kappa shape index (κ2) is 9.07. The van der Waals surface area contributed by atoms with Crippen molar-refractivity contribution in [2.24, 2.45) is 4.99 Å². The normalized spacial score (nSPS) is 16.3. The fraction of sp³-hybridized carbons (Fsp3) is 0.391. The minimum Gasteiger partial charge on any atom is -0.464 e. The number of benzene rings is 1. The second-order valence-electron chi connectivity index (χ2n) is 7.58. The van der Waals surface area contributed by atoms with Gasteiger partial charge in [0.15, 0.2) is 0 Å². The molecule has 2 aliphatic rings. The molecule has 0 saturated carbocycles. The molecular weight excluding hydrogens is 376 g/mol. The van der Waals surface area contributed by atoms with Crippen LogP contribution in [-0.4, -0.2) is 65.6 Å². The van der Waals surface area contributed by atoms with Crippen LogP contribution in [0.2, 0.25) is 0 Å². The number of nitrogens with one attached hydrogen (secondary N) is 1. The Morgan fingerprint density at radius 3 is 2.47 bits per heavy atom. The summed E-state index contributed by atoms with van der Waals surface area (Å²) in [6.07, 6.45) is 6.49. The third-order valence-electron chi connectivity index (χ3n) is 5.37. The first-order valence-corrected chi connectivity index (χ1v) is 10.5. The molecule has 3 heterocycles. The maximum absolute atomic E-state index is 7.67. The molecule has 1 fully saturated rings. The quantitative estimate of drug-likeness (QED) is 0.716. The molecule has 2 aromatic rings.